The van der Waals surface area contributed by atoms with E-state index in [1.807, 2.05) is 12.1 Å². The summed E-state index contributed by atoms with van der Waals surface area (Å²) >= 11 is 2.33. The number of benzene rings is 1. The zero-order valence-electron chi connectivity index (χ0n) is 7.72. The van der Waals surface area contributed by atoms with E-state index in [-0.39, 0.29) is 0 Å². The standard InChI is InChI=1S/C10H14INO/c1-13-8-4-7-12-10-6-3-2-5-9(10)11/h2-3,5-6,12H,4,7-8H2,1H3. The molecule has 0 saturated carbocycles. The zero-order chi connectivity index (χ0) is 9.52. The van der Waals surface area contributed by atoms with Crippen molar-refractivity contribution in [2.45, 2.75) is 6.42 Å². The van der Waals surface area contributed by atoms with E-state index in [4.69, 9.17) is 4.74 Å². The smallest absolute Gasteiger partial charge is 0.0479 e. The molecule has 0 radical (unpaired) electrons. The molecule has 2 nitrogen and oxygen atoms in total. The van der Waals surface area contributed by atoms with Gasteiger partial charge in [-0.2, -0.15) is 0 Å². The lowest BCUT2D eigenvalue weighted by molar-refractivity contribution is 0.198. The quantitative estimate of drug-likeness (QED) is 0.665. The number of ether oxygens (including phenoxy) is 1. The molecule has 1 aromatic carbocycles. The number of nitrogens with one attached hydrogen (secondary N) is 1. The van der Waals surface area contributed by atoms with Crippen molar-refractivity contribution in [1.82, 2.24) is 0 Å². The third-order valence-corrected chi connectivity index (χ3v) is 2.66. The van der Waals surface area contributed by atoms with Crippen LogP contribution in [0, 0.1) is 3.57 Å². The maximum absolute atomic E-state index is 4.97. The third-order valence-electron chi connectivity index (χ3n) is 1.71. The molecule has 0 spiro atoms. The molecule has 1 N–H and O–H groups in total. The van der Waals surface area contributed by atoms with Crippen molar-refractivity contribution in [3.8, 4) is 0 Å². The summed E-state index contributed by atoms with van der Waals surface area (Å²) in [6, 6.07) is 8.27. The Kier molecular flexibility index (Phi) is 5.15. The van der Waals surface area contributed by atoms with Crippen LogP contribution in [0.25, 0.3) is 0 Å². The molecule has 72 valence electrons. The van der Waals surface area contributed by atoms with Gasteiger partial charge in [0.25, 0.3) is 0 Å². The second-order valence-electron chi connectivity index (χ2n) is 2.75. The monoisotopic (exact) mass is 291 g/mol. The highest BCUT2D eigenvalue weighted by Gasteiger charge is 1.95. The maximum Gasteiger partial charge on any atom is 0.0479 e. The molecule has 0 heterocycles. The number of rotatable bonds is 5. The Bertz CT molecular complexity index is 252. The van der Waals surface area contributed by atoms with Gasteiger partial charge < -0.3 is 10.1 Å². The van der Waals surface area contributed by atoms with E-state index in [1.54, 1.807) is 7.11 Å². The Hall–Kier alpha value is -0.290. The summed E-state index contributed by atoms with van der Waals surface area (Å²) in [7, 11) is 1.73. The van der Waals surface area contributed by atoms with Gasteiger partial charge in [0.1, 0.15) is 0 Å². The highest BCUT2D eigenvalue weighted by Crippen LogP contribution is 2.16. The number of halogens is 1. The summed E-state index contributed by atoms with van der Waals surface area (Å²) in [4.78, 5) is 0. The van der Waals surface area contributed by atoms with E-state index in [2.05, 4.69) is 40.0 Å². The summed E-state index contributed by atoms with van der Waals surface area (Å²) in [6.07, 6.45) is 1.04. The maximum atomic E-state index is 4.97. The van der Waals surface area contributed by atoms with Crippen LogP contribution in [0.3, 0.4) is 0 Å². The summed E-state index contributed by atoms with van der Waals surface area (Å²) in [6.45, 7) is 1.78. The Morgan fingerprint density at radius 1 is 1.38 bits per heavy atom. The molecule has 1 aromatic rings. The molecule has 13 heavy (non-hydrogen) atoms. The highest BCUT2D eigenvalue weighted by atomic mass is 127. The first-order valence-electron chi connectivity index (χ1n) is 4.32. The van der Waals surface area contributed by atoms with E-state index < -0.39 is 0 Å². The van der Waals surface area contributed by atoms with Crippen LogP contribution < -0.4 is 5.32 Å². The normalized spacial score (nSPS) is 10.0. The number of para-hydroxylation sites is 1. The van der Waals surface area contributed by atoms with Crippen LogP contribution in [-0.2, 0) is 4.74 Å². The van der Waals surface area contributed by atoms with Crippen LogP contribution in [0.15, 0.2) is 24.3 Å². The van der Waals surface area contributed by atoms with E-state index in [1.165, 1.54) is 9.26 Å². The van der Waals surface area contributed by atoms with E-state index in [0.29, 0.717) is 0 Å². The van der Waals surface area contributed by atoms with Gasteiger partial charge in [0.15, 0.2) is 0 Å². The molecular formula is C10H14INO. The molecule has 1 rings (SSSR count). The molecule has 0 unspecified atom stereocenters. The minimum absolute atomic E-state index is 0.816. The van der Waals surface area contributed by atoms with E-state index in [0.717, 1.165) is 19.6 Å². The van der Waals surface area contributed by atoms with Crippen molar-refractivity contribution in [2.75, 3.05) is 25.6 Å². The van der Waals surface area contributed by atoms with Gasteiger partial charge in [0.2, 0.25) is 0 Å². The van der Waals surface area contributed by atoms with Crippen molar-refractivity contribution >= 4 is 28.3 Å². The van der Waals surface area contributed by atoms with Crippen LogP contribution in [0.5, 0.6) is 0 Å². The lowest BCUT2D eigenvalue weighted by Crippen LogP contribution is -2.05. The van der Waals surface area contributed by atoms with Crippen molar-refractivity contribution < 1.29 is 4.74 Å². The topological polar surface area (TPSA) is 21.3 Å². The van der Waals surface area contributed by atoms with Gasteiger partial charge in [0.05, 0.1) is 0 Å². The van der Waals surface area contributed by atoms with Crippen LogP contribution in [-0.4, -0.2) is 20.3 Å². The van der Waals surface area contributed by atoms with Gasteiger partial charge >= 0.3 is 0 Å². The van der Waals surface area contributed by atoms with Crippen molar-refractivity contribution in [3.05, 3.63) is 27.8 Å². The molecule has 0 aromatic heterocycles. The Labute approximate surface area is 92.8 Å². The minimum atomic E-state index is 0.816. The lowest BCUT2D eigenvalue weighted by atomic mass is 10.3. The van der Waals surface area contributed by atoms with E-state index >= 15 is 0 Å². The fourth-order valence-corrected chi connectivity index (χ4v) is 1.62. The molecule has 0 saturated heterocycles. The van der Waals surface area contributed by atoms with Gasteiger partial charge in [-0.1, -0.05) is 12.1 Å². The van der Waals surface area contributed by atoms with Gasteiger partial charge in [-0.15, -0.1) is 0 Å². The SMILES string of the molecule is COCCCNc1ccccc1I. The average Bonchev–Trinajstić information content (AvgIpc) is 2.15. The molecule has 0 bridgehead atoms. The van der Waals surface area contributed by atoms with Crippen molar-refractivity contribution in [1.29, 1.82) is 0 Å². The molecular weight excluding hydrogens is 277 g/mol. The Morgan fingerprint density at radius 2 is 2.15 bits per heavy atom. The molecule has 0 aliphatic carbocycles. The fourth-order valence-electron chi connectivity index (χ4n) is 1.04. The first kappa shape index (κ1) is 10.8. The lowest BCUT2D eigenvalue weighted by Gasteiger charge is -2.07. The molecule has 0 atom stereocenters. The van der Waals surface area contributed by atoms with Gasteiger partial charge in [-0.3, -0.25) is 0 Å². The zero-order valence-corrected chi connectivity index (χ0v) is 9.87. The number of hydrogen-bond donors (Lipinski definition) is 1. The first-order chi connectivity index (χ1) is 6.34. The second kappa shape index (κ2) is 6.21. The molecule has 0 aliphatic heterocycles. The molecule has 0 amide bonds. The predicted octanol–water partition coefficient (Wildman–Crippen LogP) is 2.74. The summed E-state index contributed by atoms with van der Waals surface area (Å²) in [5.41, 5.74) is 1.21. The number of anilines is 1. The number of hydrogen-bond acceptors (Lipinski definition) is 2. The summed E-state index contributed by atoms with van der Waals surface area (Å²) < 4.78 is 6.23. The van der Waals surface area contributed by atoms with E-state index in [9.17, 15) is 0 Å². The molecule has 3 heteroatoms. The minimum Gasteiger partial charge on any atom is -0.385 e. The summed E-state index contributed by atoms with van der Waals surface area (Å²) in [5, 5.41) is 3.36. The fraction of sp³-hybridized carbons (Fsp3) is 0.400. The Balaban J connectivity index is 2.32. The summed E-state index contributed by atoms with van der Waals surface area (Å²) in [5.74, 6) is 0. The van der Waals surface area contributed by atoms with Crippen LogP contribution in [0.4, 0.5) is 5.69 Å². The second-order valence-corrected chi connectivity index (χ2v) is 3.92. The van der Waals surface area contributed by atoms with Crippen LogP contribution in [0.1, 0.15) is 6.42 Å². The molecule has 0 aliphatic rings. The Morgan fingerprint density at radius 3 is 2.85 bits per heavy atom. The largest absolute Gasteiger partial charge is 0.385 e. The van der Waals surface area contributed by atoms with Crippen molar-refractivity contribution in [3.63, 3.8) is 0 Å². The van der Waals surface area contributed by atoms with Crippen LogP contribution >= 0.6 is 22.6 Å². The van der Waals surface area contributed by atoms with Gasteiger partial charge in [0, 0.05) is 29.5 Å². The number of methoxy groups -OCH3 is 1. The van der Waals surface area contributed by atoms with Gasteiger partial charge in [-0.05, 0) is 41.1 Å². The molecule has 0 fully saturated rings. The average molecular weight is 291 g/mol. The van der Waals surface area contributed by atoms with Gasteiger partial charge in [-0.25, -0.2) is 0 Å². The first-order valence-corrected chi connectivity index (χ1v) is 5.40. The predicted molar refractivity (Wildman–Crippen MR) is 64.1 cm³/mol. The highest BCUT2D eigenvalue weighted by molar-refractivity contribution is 14.1. The van der Waals surface area contributed by atoms with Crippen molar-refractivity contribution in [2.24, 2.45) is 0 Å². The van der Waals surface area contributed by atoms with Crippen LogP contribution in [0.2, 0.25) is 0 Å². The third kappa shape index (κ3) is 3.95.